The van der Waals surface area contributed by atoms with Crippen molar-refractivity contribution in [1.29, 1.82) is 0 Å². The first-order valence-corrected chi connectivity index (χ1v) is 13.1. The molecule has 0 aliphatic carbocycles. The zero-order valence-corrected chi connectivity index (χ0v) is 21.9. The first kappa shape index (κ1) is 25.1. The van der Waals surface area contributed by atoms with Crippen LogP contribution in [0.25, 0.3) is 6.08 Å². The third kappa shape index (κ3) is 5.04. The summed E-state index contributed by atoms with van der Waals surface area (Å²) < 4.78 is 7.59. The zero-order valence-electron chi connectivity index (χ0n) is 20.4. The van der Waals surface area contributed by atoms with Crippen molar-refractivity contribution >= 4 is 35.0 Å². The summed E-state index contributed by atoms with van der Waals surface area (Å²) in [5, 5.41) is 0.568. The van der Waals surface area contributed by atoms with E-state index in [0.29, 0.717) is 38.0 Å². The molecule has 5 nitrogen and oxygen atoms in total. The van der Waals surface area contributed by atoms with Crippen molar-refractivity contribution in [2.45, 2.75) is 52.5 Å². The van der Waals surface area contributed by atoms with E-state index in [0.717, 1.165) is 17.5 Å². The molecule has 0 saturated carbocycles. The molecule has 0 saturated heterocycles. The summed E-state index contributed by atoms with van der Waals surface area (Å²) in [4.78, 5) is 32.3. The summed E-state index contributed by atoms with van der Waals surface area (Å²) in [6.45, 7) is 8.34. The van der Waals surface area contributed by atoms with Crippen LogP contribution in [0.2, 0.25) is 5.02 Å². The van der Waals surface area contributed by atoms with Crippen LogP contribution in [0.5, 0.6) is 0 Å². The van der Waals surface area contributed by atoms with Crippen LogP contribution in [-0.2, 0) is 9.53 Å². The molecule has 35 heavy (non-hydrogen) atoms. The third-order valence-electron chi connectivity index (χ3n) is 6.00. The number of rotatable bonds is 7. The van der Waals surface area contributed by atoms with Crippen molar-refractivity contribution in [3.05, 3.63) is 101 Å². The van der Waals surface area contributed by atoms with Crippen molar-refractivity contribution < 1.29 is 9.53 Å². The van der Waals surface area contributed by atoms with Crippen LogP contribution in [0.3, 0.4) is 0 Å². The number of ether oxygens (including phenoxy) is 1. The van der Waals surface area contributed by atoms with E-state index in [1.807, 2.05) is 37.3 Å². The van der Waals surface area contributed by atoms with Crippen LogP contribution in [0.1, 0.15) is 69.2 Å². The lowest BCUT2D eigenvalue weighted by atomic mass is 9.92. The molecule has 0 amide bonds. The van der Waals surface area contributed by atoms with Crippen molar-refractivity contribution in [3.8, 4) is 0 Å². The first-order chi connectivity index (χ1) is 16.8. The molecule has 0 bridgehead atoms. The first-order valence-electron chi connectivity index (χ1n) is 11.9. The number of halogens is 1. The van der Waals surface area contributed by atoms with Gasteiger partial charge < -0.3 is 4.74 Å². The third-order valence-corrected chi connectivity index (χ3v) is 7.33. The highest BCUT2D eigenvalue weighted by Gasteiger charge is 2.34. The minimum atomic E-state index is -0.610. The summed E-state index contributed by atoms with van der Waals surface area (Å²) in [7, 11) is 0. The van der Waals surface area contributed by atoms with Crippen LogP contribution in [0.4, 0.5) is 0 Å². The van der Waals surface area contributed by atoms with Gasteiger partial charge in [0, 0.05) is 5.02 Å². The average molecular weight is 509 g/mol. The molecule has 1 aromatic heterocycles. The van der Waals surface area contributed by atoms with Crippen molar-refractivity contribution in [1.82, 2.24) is 4.57 Å². The van der Waals surface area contributed by atoms with Gasteiger partial charge in [0.15, 0.2) is 4.80 Å². The molecule has 0 spiro atoms. The number of thiazole rings is 1. The van der Waals surface area contributed by atoms with Gasteiger partial charge in [-0.1, -0.05) is 92.6 Å². The van der Waals surface area contributed by atoms with Gasteiger partial charge in [-0.2, -0.15) is 0 Å². The SMILES string of the molecule is CCCC1=C(C(=O)OCC)[C@@H](c2ccc(C(C)C)cc2)n2c(s/c(=C/c3ccccc3Cl)c2=O)=N1. The number of aromatic nitrogens is 1. The lowest BCUT2D eigenvalue weighted by Gasteiger charge is -2.26. The fraction of sp³-hybridized carbons (Fsp3) is 0.321. The summed E-state index contributed by atoms with van der Waals surface area (Å²) in [5.41, 5.74) is 3.71. The Balaban J connectivity index is 1.99. The maximum Gasteiger partial charge on any atom is 0.338 e. The molecule has 1 atom stereocenters. The van der Waals surface area contributed by atoms with Crippen LogP contribution in [0.15, 0.2) is 69.6 Å². The Morgan fingerprint density at radius 1 is 1.17 bits per heavy atom. The molecule has 1 aliphatic rings. The maximum atomic E-state index is 13.7. The Labute approximate surface area is 214 Å². The fourth-order valence-electron chi connectivity index (χ4n) is 4.23. The summed E-state index contributed by atoms with van der Waals surface area (Å²) in [6, 6.07) is 14.9. The van der Waals surface area contributed by atoms with E-state index < -0.39 is 12.0 Å². The second kappa shape index (κ2) is 10.8. The number of fused-ring (bicyclic) bond motifs is 1. The van der Waals surface area contributed by atoms with E-state index in [1.165, 1.54) is 16.9 Å². The van der Waals surface area contributed by atoms with Gasteiger partial charge in [-0.15, -0.1) is 0 Å². The predicted octanol–water partition coefficient (Wildman–Crippen LogP) is 5.36. The number of esters is 1. The Morgan fingerprint density at radius 2 is 1.89 bits per heavy atom. The second-order valence-corrected chi connectivity index (χ2v) is 10.2. The van der Waals surface area contributed by atoms with Gasteiger partial charge in [0.2, 0.25) is 0 Å². The number of nitrogens with zero attached hydrogens (tertiary/aromatic N) is 2. The molecule has 0 radical (unpaired) electrons. The Kier molecular flexibility index (Phi) is 7.72. The lowest BCUT2D eigenvalue weighted by molar-refractivity contribution is -0.139. The van der Waals surface area contributed by atoms with Crippen LogP contribution < -0.4 is 14.9 Å². The highest BCUT2D eigenvalue weighted by atomic mass is 35.5. The molecular formula is C28H29ClN2O3S. The summed E-state index contributed by atoms with van der Waals surface area (Å²) in [5.74, 6) is -0.0598. The van der Waals surface area contributed by atoms with Gasteiger partial charge in [-0.3, -0.25) is 9.36 Å². The van der Waals surface area contributed by atoms with Gasteiger partial charge in [0.1, 0.15) is 0 Å². The number of carbonyl (C=O) groups is 1. The van der Waals surface area contributed by atoms with E-state index in [9.17, 15) is 9.59 Å². The number of hydrogen-bond acceptors (Lipinski definition) is 5. The topological polar surface area (TPSA) is 60.7 Å². The molecule has 7 heteroatoms. The summed E-state index contributed by atoms with van der Waals surface area (Å²) >= 11 is 7.67. The van der Waals surface area contributed by atoms with Gasteiger partial charge in [-0.05, 0) is 48.1 Å². The quantitative estimate of drug-likeness (QED) is 0.404. The molecular weight excluding hydrogens is 480 g/mol. The predicted molar refractivity (Wildman–Crippen MR) is 142 cm³/mol. The Hall–Kier alpha value is -2.96. The van der Waals surface area contributed by atoms with Crippen LogP contribution >= 0.6 is 22.9 Å². The lowest BCUT2D eigenvalue weighted by Crippen LogP contribution is -2.40. The molecule has 0 N–H and O–H groups in total. The maximum absolute atomic E-state index is 13.7. The average Bonchev–Trinajstić information content (AvgIpc) is 3.14. The van der Waals surface area contributed by atoms with E-state index in [-0.39, 0.29) is 12.2 Å². The van der Waals surface area contributed by atoms with Crippen LogP contribution in [-0.4, -0.2) is 17.1 Å². The normalized spacial score (nSPS) is 15.8. The second-order valence-electron chi connectivity index (χ2n) is 8.76. The largest absolute Gasteiger partial charge is 0.463 e. The van der Waals surface area contributed by atoms with Crippen molar-refractivity contribution in [3.63, 3.8) is 0 Å². The smallest absolute Gasteiger partial charge is 0.338 e. The van der Waals surface area contributed by atoms with E-state index in [2.05, 4.69) is 26.0 Å². The van der Waals surface area contributed by atoms with Gasteiger partial charge in [0.25, 0.3) is 5.56 Å². The van der Waals surface area contributed by atoms with Gasteiger partial charge in [-0.25, -0.2) is 9.79 Å². The van der Waals surface area contributed by atoms with Gasteiger partial charge >= 0.3 is 5.97 Å². The molecule has 2 aromatic carbocycles. The molecule has 0 unspecified atom stereocenters. The Morgan fingerprint density at radius 3 is 2.51 bits per heavy atom. The molecule has 1 aliphatic heterocycles. The fourth-order valence-corrected chi connectivity index (χ4v) is 5.43. The van der Waals surface area contributed by atoms with Crippen LogP contribution in [0, 0.1) is 0 Å². The monoisotopic (exact) mass is 508 g/mol. The minimum absolute atomic E-state index is 0.205. The zero-order chi connectivity index (χ0) is 25.1. The van der Waals surface area contributed by atoms with E-state index >= 15 is 0 Å². The number of hydrogen-bond donors (Lipinski definition) is 0. The minimum Gasteiger partial charge on any atom is -0.463 e. The van der Waals surface area contributed by atoms with E-state index in [1.54, 1.807) is 23.6 Å². The van der Waals surface area contributed by atoms with Crippen molar-refractivity contribution in [2.75, 3.05) is 6.61 Å². The Bertz CT molecular complexity index is 1450. The molecule has 4 rings (SSSR count). The number of benzene rings is 2. The molecule has 3 aromatic rings. The standard InChI is InChI=1S/C28H29ClN2O3S/c1-5-9-22-24(27(33)34-6-2)25(19-14-12-18(13-15-19)17(3)4)31-26(32)23(35-28(31)30-22)16-20-10-7-8-11-21(20)29/h7-8,10-17,25H,5-6,9H2,1-4H3/b23-16+/t25-/m1/s1. The van der Waals surface area contributed by atoms with E-state index in [4.69, 9.17) is 21.3 Å². The molecule has 2 heterocycles. The number of carbonyl (C=O) groups excluding carboxylic acids is 1. The van der Waals surface area contributed by atoms with Crippen molar-refractivity contribution in [2.24, 2.45) is 4.99 Å². The highest BCUT2D eigenvalue weighted by molar-refractivity contribution is 7.07. The molecule has 0 fully saturated rings. The highest BCUT2D eigenvalue weighted by Crippen LogP contribution is 2.33. The molecule has 182 valence electrons. The summed E-state index contributed by atoms with van der Waals surface area (Å²) in [6.07, 6.45) is 3.22. The van der Waals surface area contributed by atoms with Gasteiger partial charge in [0.05, 0.1) is 28.5 Å². The number of allylic oxidation sites excluding steroid dienone is 1.